The number of fused-ring (bicyclic) bond motifs is 1. The number of likely N-dealkylation sites (tertiary alicyclic amines) is 1. The molecular weight excluding hydrogens is 381 g/mol. The lowest BCUT2D eigenvalue weighted by Crippen LogP contribution is -2.51. The third kappa shape index (κ3) is 3.73. The molecule has 2 aromatic rings. The normalized spacial score (nSPS) is 21.9. The van der Waals surface area contributed by atoms with Crippen LogP contribution < -0.4 is 9.47 Å². The molecule has 0 radical (unpaired) electrons. The van der Waals surface area contributed by atoms with E-state index in [9.17, 15) is 14.3 Å². The van der Waals surface area contributed by atoms with E-state index in [1.807, 2.05) is 0 Å². The Morgan fingerprint density at radius 1 is 1.29 bits per heavy atom. The van der Waals surface area contributed by atoms with Gasteiger partial charge in [0.25, 0.3) is 5.91 Å². The second-order valence-corrected chi connectivity index (χ2v) is 8.21. The number of piperidine rings is 1. The molecule has 7 heteroatoms. The number of nitrogens with zero attached hydrogens (tertiary/aromatic N) is 1. The predicted molar refractivity (Wildman–Crippen MR) is 105 cm³/mol. The van der Waals surface area contributed by atoms with Crippen molar-refractivity contribution in [1.82, 2.24) is 4.90 Å². The van der Waals surface area contributed by atoms with Gasteiger partial charge in [0.05, 0.1) is 18.5 Å². The molecule has 150 valence electrons. The van der Waals surface area contributed by atoms with E-state index < -0.39 is 18.0 Å². The Labute approximate surface area is 167 Å². The van der Waals surface area contributed by atoms with Crippen molar-refractivity contribution < 1.29 is 23.8 Å². The summed E-state index contributed by atoms with van der Waals surface area (Å²) >= 11 is 1.52. The van der Waals surface area contributed by atoms with Crippen molar-refractivity contribution in [2.75, 3.05) is 20.2 Å². The van der Waals surface area contributed by atoms with Crippen LogP contribution in [-0.4, -0.2) is 48.3 Å². The molecule has 1 saturated heterocycles. The average Bonchev–Trinajstić information content (AvgIpc) is 3.14. The highest BCUT2D eigenvalue weighted by Gasteiger charge is 2.34. The molecule has 4 rings (SSSR count). The largest absolute Gasteiger partial charge is 0.493 e. The number of carbonyl (C=O) groups excluding carboxylic acids is 1. The zero-order valence-corrected chi connectivity index (χ0v) is 16.6. The molecule has 0 saturated carbocycles. The number of hydrogen-bond donors (Lipinski definition) is 1. The Hall–Kier alpha value is -2.12. The first-order valence-corrected chi connectivity index (χ1v) is 10.5. The zero-order valence-electron chi connectivity index (χ0n) is 15.8. The van der Waals surface area contributed by atoms with Crippen LogP contribution >= 0.6 is 11.3 Å². The highest BCUT2D eigenvalue weighted by molar-refractivity contribution is 7.12. The lowest BCUT2D eigenvalue weighted by molar-refractivity contribution is -0.0206. The van der Waals surface area contributed by atoms with Gasteiger partial charge in [-0.15, -0.1) is 11.3 Å². The minimum absolute atomic E-state index is 0.00464. The van der Waals surface area contributed by atoms with Gasteiger partial charge in [0.2, 0.25) is 0 Å². The number of thiophene rings is 1. The highest BCUT2D eigenvalue weighted by Crippen LogP contribution is 2.33. The van der Waals surface area contributed by atoms with Crippen LogP contribution in [-0.2, 0) is 12.8 Å². The second-order valence-electron chi connectivity index (χ2n) is 7.33. The number of ether oxygens (including phenoxy) is 2. The third-order valence-electron chi connectivity index (χ3n) is 5.51. The molecule has 0 bridgehead atoms. The number of amides is 1. The quantitative estimate of drug-likeness (QED) is 0.847. The number of hydrogen-bond acceptors (Lipinski definition) is 5. The molecule has 5 nitrogen and oxygen atoms in total. The van der Waals surface area contributed by atoms with Crippen molar-refractivity contribution in [2.24, 2.45) is 0 Å². The molecule has 2 atom stereocenters. The first-order chi connectivity index (χ1) is 13.6. The van der Waals surface area contributed by atoms with Crippen molar-refractivity contribution in [1.29, 1.82) is 0 Å². The molecule has 1 amide bonds. The second kappa shape index (κ2) is 8.09. The van der Waals surface area contributed by atoms with Crippen LogP contribution in [0.1, 0.15) is 40.1 Å². The SMILES string of the molecule is COc1cc(F)ccc1O[C@@H]1CCN(C(=O)c2scc3c2CCCC3)C[C@H]1O. The van der Waals surface area contributed by atoms with Crippen molar-refractivity contribution in [2.45, 2.75) is 44.3 Å². The molecule has 0 unspecified atom stereocenters. The average molecular weight is 405 g/mol. The minimum Gasteiger partial charge on any atom is -0.493 e. The van der Waals surface area contributed by atoms with Crippen molar-refractivity contribution in [3.05, 3.63) is 45.4 Å². The van der Waals surface area contributed by atoms with E-state index in [-0.39, 0.29) is 18.2 Å². The maximum absolute atomic E-state index is 13.4. The smallest absolute Gasteiger partial charge is 0.264 e. The molecule has 1 aliphatic carbocycles. The summed E-state index contributed by atoms with van der Waals surface area (Å²) in [6.07, 6.45) is 3.54. The third-order valence-corrected chi connectivity index (χ3v) is 6.57. The van der Waals surface area contributed by atoms with E-state index in [2.05, 4.69) is 5.38 Å². The molecule has 0 spiro atoms. The van der Waals surface area contributed by atoms with Gasteiger partial charge in [-0.05, 0) is 54.3 Å². The molecule has 1 aliphatic heterocycles. The van der Waals surface area contributed by atoms with Crippen molar-refractivity contribution >= 4 is 17.2 Å². The fourth-order valence-electron chi connectivity index (χ4n) is 3.98. The van der Waals surface area contributed by atoms with Crippen LogP contribution in [0.25, 0.3) is 0 Å². The fraction of sp³-hybridized carbons (Fsp3) is 0.476. The van der Waals surface area contributed by atoms with E-state index in [0.29, 0.717) is 18.7 Å². The number of rotatable bonds is 4. The van der Waals surface area contributed by atoms with Gasteiger partial charge in [0.1, 0.15) is 18.0 Å². The van der Waals surface area contributed by atoms with E-state index in [4.69, 9.17) is 9.47 Å². The zero-order chi connectivity index (χ0) is 19.7. The Bertz CT molecular complexity index is 868. The van der Waals surface area contributed by atoms with Crippen LogP contribution in [0, 0.1) is 5.82 Å². The van der Waals surface area contributed by atoms with Crippen LogP contribution in [0.2, 0.25) is 0 Å². The lowest BCUT2D eigenvalue weighted by atomic mass is 9.93. The minimum atomic E-state index is -0.816. The van der Waals surface area contributed by atoms with Crippen LogP contribution in [0.4, 0.5) is 4.39 Å². The van der Waals surface area contributed by atoms with Gasteiger partial charge >= 0.3 is 0 Å². The number of benzene rings is 1. The summed E-state index contributed by atoms with van der Waals surface area (Å²) in [4.78, 5) is 15.5. The van der Waals surface area contributed by atoms with Gasteiger partial charge in [0.15, 0.2) is 11.5 Å². The van der Waals surface area contributed by atoms with E-state index in [1.54, 1.807) is 4.90 Å². The summed E-state index contributed by atoms with van der Waals surface area (Å²) in [5, 5.41) is 12.7. The monoisotopic (exact) mass is 405 g/mol. The first-order valence-electron chi connectivity index (χ1n) is 9.63. The number of β-amino-alcohol motifs (C(OH)–C–C–N with tert-alkyl or cyclic N) is 1. The predicted octanol–water partition coefficient (Wildman–Crippen LogP) is 3.43. The summed E-state index contributed by atoms with van der Waals surface area (Å²) in [5.74, 6) is 0.269. The molecule has 1 aromatic heterocycles. The molecule has 1 aromatic carbocycles. The van der Waals surface area contributed by atoms with Gasteiger partial charge < -0.3 is 19.5 Å². The van der Waals surface area contributed by atoms with Gasteiger partial charge in [-0.2, -0.15) is 0 Å². The fourth-order valence-corrected chi connectivity index (χ4v) is 5.10. The Morgan fingerprint density at radius 2 is 2.11 bits per heavy atom. The van der Waals surface area contributed by atoms with Gasteiger partial charge in [-0.3, -0.25) is 4.79 Å². The maximum atomic E-state index is 13.4. The van der Waals surface area contributed by atoms with Gasteiger partial charge in [-0.1, -0.05) is 0 Å². The number of aliphatic hydroxyl groups excluding tert-OH is 1. The van der Waals surface area contributed by atoms with E-state index in [1.165, 1.54) is 54.2 Å². The maximum Gasteiger partial charge on any atom is 0.264 e. The van der Waals surface area contributed by atoms with Crippen LogP contribution in [0.3, 0.4) is 0 Å². The number of methoxy groups -OCH3 is 1. The first kappa shape index (κ1) is 19.2. The molecule has 2 aliphatic rings. The number of halogens is 1. The van der Waals surface area contributed by atoms with Crippen molar-refractivity contribution in [3.8, 4) is 11.5 Å². The molecule has 2 heterocycles. The Kier molecular flexibility index (Phi) is 5.55. The van der Waals surface area contributed by atoms with Crippen LogP contribution in [0.15, 0.2) is 23.6 Å². The number of carbonyl (C=O) groups is 1. The molecule has 1 fully saturated rings. The van der Waals surface area contributed by atoms with Crippen molar-refractivity contribution in [3.63, 3.8) is 0 Å². The summed E-state index contributed by atoms with van der Waals surface area (Å²) < 4.78 is 24.4. The van der Waals surface area contributed by atoms with Gasteiger partial charge in [0, 0.05) is 19.0 Å². The Balaban J connectivity index is 1.43. The van der Waals surface area contributed by atoms with E-state index >= 15 is 0 Å². The summed E-state index contributed by atoms with van der Waals surface area (Å²) in [6.45, 7) is 0.733. The topological polar surface area (TPSA) is 59.0 Å². The van der Waals surface area contributed by atoms with Gasteiger partial charge in [-0.25, -0.2) is 4.39 Å². The highest BCUT2D eigenvalue weighted by atomic mass is 32.1. The number of aryl methyl sites for hydroxylation is 1. The van der Waals surface area contributed by atoms with E-state index in [0.717, 1.165) is 24.1 Å². The van der Waals surface area contributed by atoms with Crippen LogP contribution in [0.5, 0.6) is 11.5 Å². The summed E-state index contributed by atoms with van der Waals surface area (Å²) in [7, 11) is 1.45. The number of aliphatic hydroxyl groups is 1. The standard InChI is InChI=1S/C21H24FNO4S/c1-26-19-10-14(22)6-7-18(19)27-17-8-9-23(11-16(17)24)21(25)20-15-5-3-2-4-13(15)12-28-20/h6-7,10,12,16-17,24H,2-5,8-9,11H2,1H3/t16-,17-/m1/s1. The summed E-state index contributed by atoms with van der Waals surface area (Å²) in [6, 6.07) is 4.04. The molecule has 1 N–H and O–H groups in total. The summed E-state index contributed by atoms with van der Waals surface area (Å²) in [5.41, 5.74) is 2.51. The molecule has 28 heavy (non-hydrogen) atoms. The lowest BCUT2D eigenvalue weighted by Gasteiger charge is -2.36. The Morgan fingerprint density at radius 3 is 2.89 bits per heavy atom. The molecular formula is C21H24FNO4S.